The van der Waals surface area contributed by atoms with E-state index in [0.717, 1.165) is 35.7 Å². The van der Waals surface area contributed by atoms with Crippen molar-refractivity contribution < 1.29 is 4.74 Å². The fourth-order valence-electron chi connectivity index (χ4n) is 3.26. The maximum Gasteiger partial charge on any atom is 0.119 e. The number of pyridine rings is 1. The number of rotatable bonds is 4. The first kappa shape index (κ1) is 11.9. The van der Waals surface area contributed by atoms with Crippen molar-refractivity contribution >= 4 is 0 Å². The summed E-state index contributed by atoms with van der Waals surface area (Å²) in [6, 6.07) is 12.3. The predicted molar refractivity (Wildman–Crippen MR) is 78.5 cm³/mol. The van der Waals surface area contributed by atoms with Crippen LogP contribution in [0.15, 0.2) is 48.8 Å². The van der Waals surface area contributed by atoms with Crippen LogP contribution in [0.2, 0.25) is 0 Å². The van der Waals surface area contributed by atoms with Gasteiger partial charge in [-0.25, -0.2) is 0 Å². The van der Waals surface area contributed by atoms with Crippen LogP contribution in [0.1, 0.15) is 0 Å². The van der Waals surface area contributed by atoms with Gasteiger partial charge < -0.3 is 10.1 Å². The smallest absolute Gasteiger partial charge is 0.119 e. The molecule has 0 radical (unpaired) electrons. The van der Waals surface area contributed by atoms with Crippen LogP contribution in [-0.2, 0) is 0 Å². The van der Waals surface area contributed by atoms with Gasteiger partial charge in [0.15, 0.2) is 0 Å². The summed E-state index contributed by atoms with van der Waals surface area (Å²) in [5.74, 6) is 3.47. The second-order valence-corrected chi connectivity index (χ2v) is 5.73. The van der Waals surface area contributed by atoms with Gasteiger partial charge in [0.2, 0.25) is 0 Å². The Balaban J connectivity index is 1.38. The molecule has 1 aromatic heterocycles. The number of aromatic nitrogens is 1. The first-order valence-corrected chi connectivity index (χ1v) is 7.26. The van der Waals surface area contributed by atoms with Crippen molar-refractivity contribution in [2.45, 2.75) is 0 Å². The molecule has 102 valence electrons. The van der Waals surface area contributed by atoms with E-state index in [2.05, 4.69) is 40.6 Å². The Labute approximate surface area is 119 Å². The van der Waals surface area contributed by atoms with Gasteiger partial charge in [-0.1, -0.05) is 18.2 Å². The molecule has 1 saturated heterocycles. The Hall–Kier alpha value is -1.87. The molecular weight excluding hydrogens is 248 g/mol. The Morgan fingerprint density at radius 1 is 1.05 bits per heavy atom. The molecule has 2 aromatic rings. The van der Waals surface area contributed by atoms with Gasteiger partial charge in [0.25, 0.3) is 0 Å². The highest BCUT2D eigenvalue weighted by atomic mass is 16.5. The van der Waals surface area contributed by atoms with E-state index in [4.69, 9.17) is 4.74 Å². The quantitative estimate of drug-likeness (QED) is 0.923. The molecule has 1 aliphatic carbocycles. The number of hydrogen-bond donors (Lipinski definition) is 1. The summed E-state index contributed by atoms with van der Waals surface area (Å²) in [6.45, 7) is 3.22. The van der Waals surface area contributed by atoms with E-state index in [0.29, 0.717) is 0 Å². The third-order valence-corrected chi connectivity index (χ3v) is 4.56. The van der Waals surface area contributed by atoms with Crippen molar-refractivity contribution in [3.05, 3.63) is 48.8 Å². The molecule has 3 nitrogen and oxygen atoms in total. The highest BCUT2D eigenvalue weighted by molar-refractivity contribution is 5.62. The van der Waals surface area contributed by atoms with Gasteiger partial charge >= 0.3 is 0 Å². The van der Waals surface area contributed by atoms with Gasteiger partial charge in [0, 0.05) is 18.3 Å². The normalized spacial score (nSPS) is 27.1. The molecule has 1 N–H and O–H groups in total. The molecule has 0 amide bonds. The number of fused-ring (bicyclic) bond motifs is 1. The lowest BCUT2D eigenvalue weighted by Crippen LogP contribution is -2.17. The average Bonchev–Trinajstić information content (AvgIpc) is 2.94. The summed E-state index contributed by atoms with van der Waals surface area (Å²) in [5.41, 5.74) is 2.32. The molecule has 2 aliphatic rings. The van der Waals surface area contributed by atoms with Crippen LogP contribution in [0, 0.1) is 17.8 Å². The standard InChI is InChI=1S/C17H18N2O/c1-2-13(8-18-7-1)12-3-5-14(6-4-12)20-11-17-15-9-19-10-16(15)17/h1-8,15-17,19H,9-11H2/t15-,16+,17+. The Kier molecular flexibility index (Phi) is 2.92. The van der Waals surface area contributed by atoms with Gasteiger partial charge in [-0.05, 0) is 54.3 Å². The fourth-order valence-corrected chi connectivity index (χ4v) is 3.26. The summed E-state index contributed by atoms with van der Waals surface area (Å²) in [5, 5.41) is 3.41. The van der Waals surface area contributed by atoms with Gasteiger partial charge in [0.1, 0.15) is 5.75 Å². The molecule has 1 aromatic carbocycles. The van der Waals surface area contributed by atoms with E-state index in [1.54, 1.807) is 6.20 Å². The lowest BCUT2D eigenvalue weighted by molar-refractivity contribution is 0.280. The molecule has 20 heavy (non-hydrogen) atoms. The third kappa shape index (κ3) is 2.18. The van der Waals surface area contributed by atoms with Gasteiger partial charge in [0.05, 0.1) is 6.61 Å². The topological polar surface area (TPSA) is 34.1 Å². The molecule has 3 heteroatoms. The minimum atomic E-state index is 0.772. The molecule has 1 saturated carbocycles. The van der Waals surface area contributed by atoms with Gasteiger partial charge in [-0.3, -0.25) is 4.98 Å². The van der Waals surface area contributed by atoms with Crippen LogP contribution in [0.3, 0.4) is 0 Å². The first-order valence-electron chi connectivity index (χ1n) is 7.26. The van der Waals surface area contributed by atoms with Crippen LogP contribution in [0.5, 0.6) is 5.75 Å². The van der Waals surface area contributed by atoms with Crippen molar-refractivity contribution in [3.63, 3.8) is 0 Å². The van der Waals surface area contributed by atoms with E-state index in [1.807, 2.05) is 12.3 Å². The molecule has 0 unspecified atom stereocenters. The summed E-state index contributed by atoms with van der Waals surface area (Å²) < 4.78 is 5.91. The predicted octanol–water partition coefficient (Wildman–Crippen LogP) is 2.59. The van der Waals surface area contributed by atoms with Crippen molar-refractivity contribution in [1.29, 1.82) is 0 Å². The number of hydrogen-bond acceptors (Lipinski definition) is 3. The minimum absolute atomic E-state index is 0.772. The van der Waals surface area contributed by atoms with E-state index in [1.165, 1.54) is 18.7 Å². The van der Waals surface area contributed by atoms with Crippen molar-refractivity contribution in [1.82, 2.24) is 10.3 Å². The number of nitrogens with one attached hydrogen (secondary N) is 1. The monoisotopic (exact) mass is 266 g/mol. The Morgan fingerprint density at radius 3 is 2.55 bits per heavy atom. The molecule has 2 heterocycles. The second-order valence-electron chi connectivity index (χ2n) is 5.73. The highest BCUT2D eigenvalue weighted by Crippen LogP contribution is 2.48. The van der Waals surface area contributed by atoms with Crippen molar-refractivity contribution in [3.8, 4) is 16.9 Å². The minimum Gasteiger partial charge on any atom is -0.493 e. The van der Waals surface area contributed by atoms with Crippen molar-refractivity contribution in [2.24, 2.45) is 17.8 Å². The molecule has 0 bridgehead atoms. The van der Waals surface area contributed by atoms with Crippen LogP contribution < -0.4 is 10.1 Å². The number of ether oxygens (including phenoxy) is 1. The Morgan fingerprint density at radius 2 is 1.85 bits per heavy atom. The summed E-state index contributed by atoms with van der Waals surface area (Å²) >= 11 is 0. The molecule has 3 atom stereocenters. The lowest BCUT2D eigenvalue weighted by atomic mass is 10.1. The van der Waals surface area contributed by atoms with Gasteiger partial charge in [-0.15, -0.1) is 0 Å². The molecule has 4 rings (SSSR count). The SMILES string of the molecule is c1cncc(-c2ccc(OC[C@H]3[C@@H]4CNC[C@@H]43)cc2)c1. The third-order valence-electron chi connectivity index (χ3n) is 4.56. The van der Waals surface area contributed by atoms with Crippen LogP contribution in [-0.4, -0.2) is 24.7 Å². The second kappa shape index (κ2) is 4.91. The number of nitrogens with zero attached hydrogens (tertiary/aromatic N) is 1. The maximum absolute atomic E-state index is 5.91. The molecule has 2 fully saturated rings. The fraction of sp³-hybridized carbons (Fsp3) is 0.353. The van der Waals surface area contributed by atoms with Crippen molar-refractivity contribution in [2.75, 3.05) is 19.7 Å². The lowest BCUT2D eigenvalue weighted by Gasteiger charge is -2.09. The largest absolute Gasteiger partial charge is 0.493 e. The molecular formula is C17H18N2O. The first-order chi connectivity index (χ1) is 9.92. The highest BCUT2D eigenvalue weighted by Gasteiger charge is 2.52. The zero-order chi connectivity index (χ0) is 13.4. The summed E-state index contributed by atoms with van der Waals surface area (Å²) in [6.07, 6.45) is 3.68. The Bertz CT molecular complexity index is 572. The zero-order valence-corrected chi connectivity index (χ0v) is 11.3. The number of piperidine rings is 1. The maximum atomic E-state index is 5.91. The van der Waals surface area contributed by atoms with E-state index >= 15 is 0 Å². The van der Waals surface area contributed by atoms with Crippen LogP contribution >= 0.6 is 0 Å². The zero-order valence-electron chi connectivity index (χ0n) is 11.3. The van der Waals surface area contributed by atoms with E-state index in [-0.39, 0.29) is 0 Å². The van der Waals surface area contributed by atoms with E-state index < -0.39 is 0 Å². The van der Waals surface area contributed by atoms with Crippen LogP contribution in [0.25, 0.3) is 11.1 Å². The molecule has 0 spiro atoms. The van der Waals surface area contributed by atoms with Crippen LogP contribution in [0.4, 0.5) is 0 Å². The summed E-state index contributed by atoms with van der Waals surface area (Å²) in [7, 11) is 0. The van der Waals surface area contributed by atoms with E-state index in [9.17, 15) is 0 Å². The molecule has 1 aliphatic heterocycles. The summed E-state index contributed by atoms with van der Waals surface area (Å²) in [4.78, 5) is 4.15. The van der Waals surface area contributed by atoms with Gasteiger partial charge in [-0.2, -0.15) is 0 Å². The average molecular weight is 266 g/mol. The number of benzene rings is 1.